The van der Waals surface area contributed by atoms with E-state index in [4.69, 9.17) is 13.8 Å². The average molecular weight is 372 g/mol. The van der Waals surface area contributed by atoms with Crippen LogP contribution in [0.15, 0.2) is 38.2 Å². The van der Waals surface area contributed by atoms with E-state index >= 15 is 0 Å². The van der Waals surface area contributed by atoms with Crippen LogP contribution in [0.2, 0.25) is 0 Å². The SMILES string of the molecule is Cc1noc(C)c1COC(=O)c1ccccc1SCc1c(C)noc1C. The number of rotatable bonds is 6. The first-order chi connectivity index (χ1) is 12.5. The monoisotopic (exact) mass is 372 g/mol. The zero-order valence-electron chi connectivity index (χ0n) is 15.2. The summed E-state index contributed by atoms with van der Waals surface area (Å²) < 4.78 is 15.8. The number of hydrogen-bond donors (Lipinski definition) is 0. The zero-order valence-corrected chi connectivity index (χ0v) is 16.0. The van der Waals surface area contributed by atoms with E-state index in [-0.39, 0.29) is 12.6 Å². The second-order valence-electron chi connectivity index (χ2n) is 5.97. The molecule has 0 saturated heterocycles. The second-order valence-corrected chi connectivity index (χ2v) is 6.98. The molecule has 0 aliphatic heterocycles. The van der Waals surface area contributed by atoms with Crippen LogP contribution in [0, 0.1) is 27.7 Å². The largest absolute Gasteiger partial charge is 0.457 e. The van der Waals surface area contributed by atoms with Crippen LogP contribution in [0.4, 0.5) is 0 Å². The molecule has 0 radical (unpaired) electrons. The molecular formula is C19H20N2O4S. The number of carbonyl (C=O) groups is 1. The van der Waals surface area contributed by atoms with Gasteiger partial charge in [-0.15, -0.1) is 11.8 Å². The summed E-state index contributed by atoms with van der Waals surface area (Å²) in [5.41, 5.74) is 3.99. The van der Waals surface area contributed by atoms with Gasteiger partial charge in [-0.2, -0.15) is 0 Å². The fraction of sp³-hybridized carbons (Fsp3) is 0.316. The smallest absolute Gasteiger partial charge is 0.339 e. The minimum absolute atomic E-state index is 0.142. The lowest BCUT2D eigenvalue weighted by Crippen LogP contribution is -2.07. The van der Waals surface area contributed by atoms with Gasteiger partial charge in [0.2, 0.25) is 0 Å². The molecule has 2 heterocycles. The normalized spacial score (nSPS) is 10.9. The fourth-order valence-electron chi connectivity index (χ4n) is 2.54. The summed E-state index contributed by atoms with van der Waals surface area (Å²) in [6.07, 6.45) is 0. The van der Waals surface area contributed by atoms with Gasteiger partial charge in [-0.3, -0.25) is 0 Å². The Balaban J connectivity index is 1.71. The third kappa shape index (κ3) is 3.83. The predicted octanol–water partition coefficient (Wildman–Crippen LogP) is 4.55. The Morgan fingerprint density at radius 1 is 1.00 bits per heavy atom. The van der Waals surface area contributed by atoms with E-state index in [1.165, 1.54) is 0 Å². The molecule has 2 aromatic heterocycles. The number of ether oxygens (including phenoxy) is 1. The Morgan fingerprint density at radius 3 is 2.23 bits per heavy atom. The lowest BCUT2D eigenvalue weighted by Gasteiger charge is -2.09. The number of thioether (sulfide) groups is 1. The first-order valence-corrected chi connectivity index (χ1v) is 9.18. The zero-order chi connectivity index (χ0) is 18.7. The van der Waals surface area contributed by atoms with Gasteiger partial charge in [-0.05, 0) is 39.8 Å². The van der Waals surface area contributed by atoms with Crippen LogP contribution < -0.4 is 0 Å². The maximum atomic E-state index is 12.6. The molecule has 0 amide bonds. The Hall–Kier alpha value is -2.54. The molecule has 0 bridgehead atoms. The van der Waals surface area contributed by atoms with Crippen molar-refractivity contribution in [1.29, 1.82) is 0 Å². The third-order valence-corrected chi connectivity index (χ3v) is 5.29. The highest BCUT2D eigenvalue weighted by Crippen LogP contribution is 2.29. The van der Waals surface area contributed by atoms with Gasteiger partial charge in [0.1, 0.15) is 18.1 Å². The predicted molar refractivity (Wildman–Crippen MR) is 97.1 cm³/mol. The molecule has 26 heavy (non-hydrogen) atoms. The lowest BCUT2D eigenvalue weighted by atomic mass is 10.2. The Labute approximate surface area is 155 Å². The van der Waals surface area contributed by atoms with Gasteiger partial charge in [-0.25, -0.2) is 4.79 Å². The third-order valence-electron chi connectivity index (χ3n) is 4.19. The van der Waals surface area contributed by atoms with Gasteiger partial charge in [0, 0.05) is 16.2 Å². The molecule has 3 aromatic rings. The van der Waals surface area contributed by atoms with Gasteiger partial charge in [0.25, 0.3) is 0 Å². The number of carbonyl (C=O) groups excluding carboxylic acids is 1. The van der Waals surface area contributed by atoms with Gasteiger partial charge in [0.15, 0.2) is 0 Å². The average Bonchev–Trinajstić information content (AvgIpc) is 3.13. The highest BCUT2D eigenvalue weighted by Gasteiger charge is 2.17. The highest BCUT2D eigenvalue weighted by atomic mass is 32.2. The number of aromatic nitrogens is 2. The van der Waals surface area contributed by atoms with Crippen molar-refractivity contribution < 1.29 is 18.6 Å². The first-order valence-electron chi connectivity index (χ1n) is 8.19. The fourth-order valence-corrected chi connectivity index (χ4v) is 3.74. The molecule has 0 saturated carbocycles. The second kappa shape index (κ2) is 7.78. The van der Waals surface area contributed by atoms with Crippen molar-refractivity contribution in [3.05, 3.63) is 63.9 Å². The van der Waals surface area contributed by atoms with Gasteiger partial charge >= 0.3 is 5.97 Å². The van der Waals surface area contributed by atoms with Crippen molar-refractivity contribution in [3.63, 3.8) is 0 Å². The van der Waals surface area contributed by atoms with Crippen molar-refractivity contribution in [2.24, 2.45) is 0 Å². The summed E-state index contributed by atoms with van der Waals surface area (Å²) >= 11 is 1.56. The van der Waals surface area contributed by atoms with Gasteiger partial charge < -0.3 is 13.8 Å². The molecule has 0 spiro atoms. The van der Waals surface area contributed by atoms with E-state index < -0.39 is 0 Å². The van der Waals surface area contributed by atoms with Crippen LogP contribution in [-0.2, 0) is 17.1 Å². The van der Waals surface area contributed by atoms with Crippen molar-refractivity contribution in [3.8, 4) is 0 Å². The Kier molecular flexibility index (Phi) is 5.46. The number of benzene rings is 1. The van der Waals surface area contributed by atoms with Crippen LogP contribution >= 0.6 is 11.8 Å². The van der Waals surface area contributed by atoms with Gasteiger partial charge in [0.05, 0.1) is 22.5 Å². The molecule has 0 N–H and O–H groups in total. The van der Waals surface area contributed by atoms with Crippen LogP contribution in [0.25, 0.3) is 0 Å². The summed E-state index contributed by atoms with van der Waals surface area (Å²) in [5, 5.41) is 7.84. The summed E-state index contributed by atoms with van der Waals surface area (Å²) in [4.78, 5) is 13.4. The summed E-state index contributed by atoms with van der Waals surface area (Å²) in [7, 11) is 0. The molecular weight excluding hydrogens is 352 g/mol. The summed E-state index contributed by atoms with van der Waals surface area (Å²) in [5.74, 6) is 1.77. The van der Waals surface area contributed by atoms with E-state index in [9.17, 15) is 4.79 Å². The number of esters is 1. The quantitative estimate of drug-likeness (QED) is 0.464. The van der Waals surface area contributed by atoms with E-state index in [1.54, 1.807) is 24.8 Å². The summed E-state index contributed by atoms with van der Waals surface area (Å²) in [6, 6.07) is 7.41. The molecule has 136 valence electrons. The molecule has 0 fully saturated rings. The lowest BCUT2D eigenvalue weighted by molar-refractivity contribution is 0.0466. The first kappa shape index (κ1) is 18.3. The molecule has 3 rings (SSSR count). The van der Waals surface area contributed by atoms with Crippen LogP contribution in [0.5, 0.6) is 0 Å². The minimum Gasteiger partial charge on any atom is -0.457 e. The molecule has 6 nitrogen and oxygen atoms in total. The maximum Gasteiger partial charge on any atom is 0.339 e. The summed E-state index contributed by atoms with van der Waals surface area (Å²) in [6.45, 7) is 7.57. The Morgan fingerprint density at radius 2 is 1.62 bits per heavy atom. The number of hydrogen-bond acceptors (Lipinski definition) is 7. The van der Waals surface area contributed by atoms with Crippen LogP contribution in [-0.4, -0.2) is 16.3 Å². The number of aryl methyl sites for hydroxylation is 4. The number of nitrogens with zero attached hydrogens (tertiary/aromatic N) is 2. The molecule has 1 aromatic carbocycles. The van der Waals surface area contributed by atoms with Crippen molar-refractivity contribution in [2.75, 3.05) is 0 Å². The molecule has 0 aliphatic carbocycles. The van der Waals surface area contributed by atoms with Crippen LogP contribution in [0.3, 0.4) is 0 Å². The maximum absolute atomic E-state index is 12.6. The van der Waals surface area contributed by atoms with Crippen molar-refractivity contribution >= 4 is 17.7 Å². The topological polar surface area (TPSA) is 78.4 Å². The molecule has 0 aliphatic rings. The molecule has 7 heteroatoms. The van der Waals surface area contributed by atoms with Crippen molar-refractivity contribution in [2.45, 2.75) is 45.0 Å². The van der Waals surface area contributed by atoms with Crippen molar-refractivity contribution in [1.82, 2.24) is 10.3 Å². The molecule has 0 atom stereocenters. The van der Waals surface area contributed by atoms with E-state index in [1.807, 2.05) is 39.0 Å². The highest BCUT2D eigenvalue weighted by molar-refractivity contribution is 7.98. The van der Waals surface area contributed by atoms with E-state index in [2.05, 4.69) is 10.3 Å². The van der Waals surface area contributed by atoms with Crippen LogP contribution in [0.1, 0.15) is 44.4 Å². The minimum atomic E-state index is -0.369. The van der Waals surface area contributed by atoms with E-state index in [0.717, 1.165) is 33.2 Å². The standard InChI is InChI=1S/C19H20N2O4S/c1-11-16(13(3)24-20-11)9-23-19(22)15-7-5-6-8-18(15)26-10-17-12(2)21-25-14(17)4/h5-8H,9-10H2,1-4H3. The van der Waals surface area contributed by atoms with E-state index in [0.29, 0.717) is 17.1 Å². The molecule has 0 unspecified atom stereocenters. The Bertz CT molecular complexity index is 891. The van der Waals surface area contributed by atoms with Gasteiger partial charge in [-0.1, -0.05) is 22.4 Å².